The molecule has 2 N–H and O–H groups in total. The van der Waals surface area contributed by atoms with Crippen molar-refractivity contribution in [1.82, 2.24) is 20.2 Å². The van der Waals surface area contributed by atoms with Crippen molar-refractivity contribution in [2.45, 2.75) is 52.4 Å². The van der Waals surface area contributed by atoms with Crippen molar-refractivity contribution in [3.63, 3.8) is 0 Å². The Hall–Kier alpha value is -1.61. The molecule has 0 amide bonds. The maximum Gasteiger partial charge on any atom is 0.191 e. The second-order valence-corrected chi connectivity index (χ2v) is 8.34. The number of benzene rings is 1. The normalized spacial score (nSPS) is 24.9. The summed E-state index contributed by atoms with van der Waals surface area (Å²) in [6.45, 7) is 9.74. The van der Waals surface area contributed by atoms with Crippen LogP contribution >= 0.6 is 24.0 Å². The van der Waals surface area contributed by atoms with Crippen molar-refractivity contribution in [3.8, 4) is 0 Å². The van der Waals surface area contributed by atoms with Crippen molar-refractivity contribution in [3.05, 3.63) is 54.1 Å². The molecule has 1 aromatic heterocycles. The Kier molecular flexibility index (Phi) is 7.21. The summed E-state index contributed by atoms with van der Waals surface area (Å²) in [5.41, 5.74) is 1.39. The highest BCUT2D eigenvalue weighted by Gasteiger charge is 2.59. The van der Waals surface area contributed by atoms with Gasteiger partial charge in [0.2, 0.25) is 0 Å². The minimum absolute atomic E-state index is 0. The first-order chi connectivity index (χ1) is 13.6. The molecular formula is C22H32IN5O. The van der Waals surface area contributed by atoms with Gasteiger partial charge in [0.15, 0.2) is 5.96 Å². The largest absolute Gasteiger partial charge is 0.377 e. The number of aromatic nitrogens is 2. The van der Waals surface area contributed by atoms with Gasteiger partial charge < -0.3 is 19.9 Å². The summed E-state index contributed by atoms with van der Waals surface area (Å²) in [7, 11) is 0. The van der Waals surface area contributed by atoms with Gasteiger partial charge in [0.05, 0.1) is 6.10 Å². The first kappa shape index (κ1) is 22.1. The number of hydrogen-bond donors (Lipinski definition) is 2. The van der Waals surface area contributed by atoms with Gasteiger partial charge in [0.1, 0.15) is 12.4 Å². The maximum atomic E-state index is 5.92. The average Bonchev–Trinajstić information content (AvgIpc) is 3.33. The molecule has 2 heterocycles. The van der Waals surface area contributed by atoms with Crippen LogP contribution in [-0.2, 0) is 17.8 Å². The zero-order valence-corrected chi connectivity index (χ0v) is 19.8. The lowest BCUT2D eigenvalue weighted by molar-refractivity contribution is -0.106. The second-order valence-electron chi connectivity index (χ2n) is 8.34. The Morgan fingerprint density at radius 2 is 2.10 bits per heavy atom. The topological polar surface area (TPSA) is 63.5 Å². The van der Waals surface area contributed by atoms with Gasteiger partial charge in [0, 0.05) is 49.5 Å². The van der Waals surface area contributed by atoms with E-state index >= 15 is 0 Å². The lowest BCUT2D eigenvalue weighted by atomic mass is 9.57. The predicted octanol–water partition coefficient (Wildman–Crippen LogP) is 3.42. The number of imidazole rings is 1. The number of fused-ring (bicyclic) bond motifs is 1. The number of guanidine groups is 1. The Morgan fingerprint density at radius 1 is 1.31 bits per heavy atom. The summed E-state index contributed by atoms with van der Waals surface area (Å²) in [5.74, 6) is 2.41. The van der Waals surface area contributed by atoms with Crippen LogP contribution in [0.3, 0.4) is 0 Å². The Morgan fingerprint density at radius 3 is 2.86 bits per heavy atom. The SMILES string of the molecule is CCNC(=NCc1nccn1Cc1ccccc1)NC1C2CCOC2C1(C)C.I. The molecule has 1 aliphatic heterocycles. The molecule has 1 aromatic carbocycles. The molecule has 4 rings (SSSR count). The second kappa shape index (κ2) is 9.47. The van der Waals surface area contributed by atoms with Crippen molar-refractivity contribution < 1.29 is 4.74 Å². The van der Waals surface area contributed by atoms with E-state index in [9.17, 15) is 0 Å². The van der Waals surface area contributed by atoms with Crippen LogP contribution in [0.2, 0.25) is 0 Å². The molecule has 158 valence electrons. The van der Waals surface area contributed by atoms with Crippen LogP contribution < -0.4 is 10.6 Å². The molecule has 7 heteroatoms. The van der Waals surface area contributed by atoms with Crippen LogP contribution in [-0.4, -0.2) is 40.8 Å². The zero-order valence-electron chi connectivity index (χ0n) is 17.5. The van der Waals surface area contributed by atoms with Crippen LogP contribution in [0.25, 0.3) is 0 Å². The summed E-state index contributed by atoms with van der Waals surface area (Å²) < 4.78 is 8.08. The lowest BCUT2D eigenvalue weighted by Gasteiger charge is -2.54. The van der Waals surface area contributed by atoms with Gasteiger partial charge in [0.25, 0.3) is 0 Å². The van der Waals surface area contributed by atoms with E-state index in [-0.39, 0.29) is 29.4 Å². The third-order valence-corrected chi connectivity index (χ3v) is 6.11. The molecule has 29 heavy (non-hydrogen) atoms. The number of rotatable bonds is 6. The molecule has 0 bridgehead atoms. The smallest absolute Gasteiger partial charge is 0.191 e. The average molecular weight is 509 g/mol. The van der Waals surface area contributed by atoms with E-state index in [4.69, 9.17) is 9.73 Å². The van der Waals surface area contributed by atoms with Crippen molar-refractivity contribution in [2.75, 3.05) is 13.2 Å². The highest BCUT2D eigenvalue weighted by molar-refractivity contribution is 14.0. The number of nitrogens with zero attached hydrogens (tertiary/aromatic N) is 3. The maximum absolute atomic E-state index is 5.92. The van der Waals surface area contributed by atoms with E-state index in [1.54, 1.807) is 0 Å². The first-order valence-electron chi connectivity index (χ1n) is 10.3. The first-order valence-corrected chi connectivity index (χ1v) is 10.3. The Bertz CT molecular complexity index is 820. The molecule has 2 fully saturated rings. The summed E-state index contributed by atoms with van der Waals surface area (Å²) in [6, 6.07) is 10.8. The molecule has 0 spiro atoms. The van der Waals surface area contributed by atoms with Gasteiger partial charge in [-0.2, -0.15) is 0 Å². The molecule has 1 aliphatic carbocycles. The lowest BCUT2D eigenvalue weighted by Crippen LogP contribution is -2.67. The van der Waals surface area contributed by atoms with Crippen molar-refractivity contribution >= 4 is 29.9 Å². The molecule has 3 atom stereocenters. The molecule has 2 aromatic rings. The summed E-state index contributed by atoms with van der Waals surface area (Å²) in [5, 5.41) is 7.06. The summed E-state index contributed by atoms with van der Waals surface area (Å²) >= 11 is 0. The van der Waals surface area contributed by atoms with Gasteiger partial charge in [-0.1, -0.05) is 44.2 Å². The number of halogens is 1. The van der Waals surface area contributed by atoms with Crippen molar-refractivity contribution in [2.24, 2.45) is 16.3 Å². The standard InChI is InChI=1S/C22H31N5O.HI/c1-4-23-21(26-19-17-10-13-28-20(17)22(19,2)3)25-14-18-24-11-12-27(18)15-16-8-6-5-7-9-16;/h5-9,11-12,17,19-20H,4,10,13-15H2,1-3H3,(H2,23,25,26);1H. The van der Waals surface area contributed by atoms with E-state index in [0.29, 0.717) is 24.6 Å². The van der Waals surface area contributed by atoms with Crippen LogP contribution in [0.15, 0.2) is 47.7 Å². The third-order valence-electron chi connectivity index (χ3n) is 6.11. The van der Waals surface area contributed by atoms with Gasteiger partial charge in [-0.05, 0) is 18.9 Å². The predicted molar refractivity (Wildman–Crippen MR) is 127 cm³/mol. The molecular weight excluding hydrogens is 477 g/mol. The number of nitrogens with one attached hydrogen (secondary N) is 2. The minimum atomic E-state index is 0. The molecule has 3 unspecified atom stereocenters. The molecule has 0 radical (unpaired) electrons. The molecule has 6 nitrogen and oxygen atoms in total. The van der Waals surface area contributed by atoms with E-state index in [1.165, 1.54) is 5.56 Å². The highest BCUT2D eigenvalue weighted by atomic mass is 127. The van der Waals surface area contributed by atoms with Crippen molar-refractivity contribution in [1.29, 1.82) is 0 Å². The van der Waals surface area contributed by atoms with E-state index in [1.807, 2.05) is 18.5 Å². The highest BCUT2D eigenvalue weighted by Crippen LogP contribution is 2.52. The Balaban J connectivity index is 0.00000240. The number of ether oxygens (including phenoxy) is 1. The van der Waals surface area contributed by atoms with Gasteiger partial charge >= 0.3 is 0 Å². The summed E-state index contributed by atoms with van der Waals surface area (Å²) in [6.07, 6.45) is 5.38. The zero-order chi connectivity index (χ0) is 19.6. The molecule has 1 saturated heterocycles. The monoisotopic (exact) mass is 509 g/mol. The van der Waals surface area contributed by atoms with Gasteiger partial charge in [-0.15, -0.1) is 24.0 Å². The fourth-order valence-electron chi connectivity index (χ4n) is 4.65. The Labute approximate surface area is 190 Å². The van der Waals surface area contributed by atoms with Crippen LogP contribution in [0.5, 0.6) is 0 Å². The number of hydrogen-bond acceptors (Lipinski definition) is 3. The van der Waals surface area contributed by atoms with Gasteiger partial charge in [-0.25, -0.2) is 9.98 Å². The third kappa shape index (κ3) is 4.60. The summed E-state index contributed by atoms with van der Waals surface area (Å²) in [4.78, 5) is 9.35. The fraction of sp³-hybridized carbons (Fsp3) is 0.545. The van der Waals surface area contributed by atoms with E-state index in [2.05, 4.69) is 65.2 Å². The minimum Gasteiger partial charge on any atom is -0.377 e. The van der Waals surface area contributed by atoms with E-state index < -0.39 is 0 Å². The van der Waals surface area contributed by atoms with Crippen LogP contribution in [0, 0.1) is 11.3 Å². The molecule has 2 aliphatic rings. The van der Waals surface area contributed by atoms with Crippen LogP contribution in [0.1, 0.15) is 38.6 Å². The van der Waals surface area contributed by atoms with Crippen LogP contribution in [0.4, 0.5) is 0 Å². The number of aliphatic imine (C=N–C) groups is 1. The van der Waals surface area contributed by atoms with Gasteiger partial charge in [-0.3, -0.25) is 0 Å². The quantitative estimate of drug-likeness (QED) is 0.356. The molecule has 1 saturated carbocycles. The fourth-order valence-corrected chi connectivity index (χ4v) is 4.65. The van der Waals surface area contributed by atoms with E-state index in [0.717, 1.165) is 37.9 Å².